The topological polar surface area (TPSA) is 95.4 Å². The molecule has 0 radical (unpaired) electrons. The lowest BCUT2D eigenvalue weighted by molar-refractivity contribution is 0.221. The van der Waals surface area contributed by atoms with Gasteiger partial charge in [0.15, 0.2) is 11.6 Å². The third kappa shape index (κ3) is 3.70. The van der Waals surface area contributed by atoms with Crippen molar-refractivity contribution in [2.75, 3.05) is 12.8 Å². The third-order valence-corrected chi connectivity index (χ3v) is 4.27. The minimum absolute atomic E-state index is 0.152. The summed E-state index contributed by atoms with van der Waals surface area (Å²) in [6.07, 6.45) is 2.65. The van der Waals surface area contributed by atoms with Gasteiger partial charge in [0.25, 0.3) is 0 Å². The maximum atomic E-state index is 13.7. The van der Waals surface area contributed by atoms with Gasteiger partial charge in [0.1, 0.15) is 17.7 Å². The molecule has 0 amide bonds. The Morgan fingerprint density at radius 3 is 2.74 bits per heavy atom. The first-order valence-corrected chi connectivity index (χ1v) is 8.32. The van der Waals surface area contributed by atoms with Crippen LogP contribution in [0.5, 0.6) is 11.5 Å². The van der Waals surface area contributed by atoms with Crippen LogP contribution in [0.2, 0.25) is 0 Å². The van der Waals surface area contributed by atoms with E-state index in [1.807, 2.05) is 0 Å². The number of aromatic nitrogens is 3. The molecule has 0 aliphatic rings. The first kappa shape index (κ1) is 18.7. The highest BCUT2D eigenvalue weighted by molar-refractivity contribution is 5.67. The van der Waals surface area contributed by atoms with Crippen LogP contribution in [0.15, 0.2) is 36.7 Å². The normalized spacial score (nSPS) is 12.0. The number of nitrogen functional groups attached to an aromatic ring is 1. The van der Waals surface area contributed by atoms with Gasteiger partial charge in [0.2, 0.25) is 0 Å². The molecule has 8 heteroatoms. The summed E-state index contributed by atoms with van der Waals surface area (Å²) in [5.74, 6) is 0.675. The van der Waals surface area contributed by atoms with Crippen molar-refractivity contribution in [1.82, 2.24) is 14.8 Å². The highest BCUT2D eigenvalue weighted by Crippen LogP contribution is 2.34. The molecule has 3 rings (SSSR count). The molecule has 0 saturated carbocycles. The second-order valence-electron chi connectivity index (χ2n) is 6.05. The van der Waals surface area contributed by atoms with Crippen LogP contribution in [0.1, 0.15) is 24.2 Å². The smallest absolute Gasteiger partial charge is 0.166 e. The number of aliphatic hydroxyl groups is 1. The fourth-order valence-corrected chi connectivity index (χ4v) is 2.93. The van der Waals surface area contributed by atoms with Crippen LogP contribution in [-0.2, 0) is 13.7 Å². The number of hydrogen-bond acceptors (Lipinski definition) is 6. The zero-order valence-electron chi connectivity index (χ0n) is 15.3. The molecule has 0 saturated heterocycles. The van der Waals surface area contributed by atoms with E-state index in [0.717, 1.165) is 0 Å². The summed E-state index contributed by atoms with van der Waals surface area (Å²) in [5, 5.41) is 13.7. The zero-order valence-corrected chi connectivity index (χ0v) is 15.3. The Morgan fingerprint density at radius 2 is 2.04 bits per heavy atom. The summed E-state index contributed by atoms with van der Waals surface area (Å²) in [6, 6.07) is 5.96. The molecule has 3 aromatic rings. The molecule has 0 spiro atoms. The van der Waals surface area contributed by atoms with Gasteiger partial charge in [0.05, 0.1) is 25.6 Å². The second kappa shape index (κ2) is 7.63. The summed E-state index contributed by atoms with van der Waals surface area (Å²) in [5.41, 5.74) is 8.59. The van der Waals surface area contributed by atoms with E-state index in [1.54, 1.807) is 43.2 Å². The number of benzene rings is 1. The van der Waals surface area contributed by atoms with E-state index in [4.69, 9.17) is 15.2 Å². The van der Waals surface area contributed by atoms with Crippen LogP contribution >= 0.6 is 0 Å². The van der Waals surface area contributed by atoms with Crippen LogP contribution in [0.25, 0.3) is 11.3 Å². The number of ether oxygens (including phenoxy) is 2. The van der Waals surface area contributed by atoms with Gasteiger partial charge in [-0.1, -0.05) is 0 Å². The molecule has 7 nitrogen and oxygen atoms in total. The number of hydrogen-bond donors (Lipinski definition) is 2. The van der Waals surface area contributed by atoms with Crippen molar-refractivity contribution in [2.45, 2.75) is 19.6 Å². The maximum Gasteiger partial charge on any atom is 0.166 e. The Kier molecular flexibility index (Phi) is 5.27. The van der Waals surface area contributed by atoms with Crippen LogP contribution in [0.4, 0.5) is 10.2 Å². The summed E-state index contributed by atoms with van der Waals surface area (Å²) in [6.45, 7) is 1.62. The number of rotatable bonds is 6. The molecule has 142 valence electrons. The molecule has 1 atom stereocenters. The summed E-state index contributed by atoms with van der Waals surface area (Å²) in [4.78, 5) is 4.18. The van der Waals surface area contributed by atoms with Crippen LogP contribution < -0.4 is 15.2 Å². The van der Waals surface area contributed by atoms with Crippen molar-refractivity contribution in [3.8, 4) is 22.8 Å². The van der Waals surface area contributed by atoms with Gasteiger partial charge in [-0.25, -0.2) is 9.37 Å². The van der Waals surface area contributed by atoms with Crippen LogP contribution in [0, 0.1) is 5.82 Å². The molecular weight excluding hydrogens is 351 g/mol. The monoisotopic (exact) mass is 372 g/mol. The number of nitrogens with zero attached hydrogens (tertiary/aromatic N) is 3. The molecule has 1 unspecified atom stereocenters. The van der Waals surface area contributed by atoms with Crippen molar-refractivity contribution >= 4 is 5.82 Å². The first-order chi connectivity index (χ1) is 12.9. The van der Waals surface area contributed by atoms with E-state index in [1.165, 1.54) is 19.2 Å². The first-order valence-electron chi connectivity index (χ1n) is 8.32. The van der Waals surface area contributed by atoms with E-state index in [-0.39, 0.29) is 18.2 Å². The molecule has 0 aliphatic heterocycles. The highest BCUT2D eigenvalue weighted by atomic mass is 19.1. The average Bonchev–Trinajstić information content (AvgIpc) is 3.04. The van der Waals surface area contributed by atoms with Gasteiger partial charge in [-0.05, 0) is 31.2 Å². The lowest BCUT2D eigenvalue weighted by Gasteiger charge is -2.19. The minimum atomic E-state index is -0.529. The average molecular weight is 372 g/mol. The number of methoxy groups -OCH3 is 1. The third-order valence-electron chi connectivity index (χ3n) is 4.27. The maximum absolute atomic E-state index is 13.7. The highest BCUT2D eigenvalue weighted by Gasteiger charge is 2.18. The Balaban J connectivity index is 1.96. The Labute approximate surface area is 156 Å². The molecule has 0 fully saturated rings. The summed E-state index contributed by atoms with van der Waals surface area (Å²) < 4.78 is 26.5. The number of anilines is 1. The lowest BCUT2D eigenvalue weighted by atomic mass is 10.1. The van der Waals surface area contributed by atoms with E-state index in [2.05, 4.69) is 10.1 Å². The Hall–Kier alpha value is -3.13. The standard InChI is InChI=1S/C19H21FN4O3/c1-11(15-7-14(20)4-5-16(15)26-3)27-17-6-12(8-22-19(17)21)18-13(10-25)9-23-24(18)2/h4-9,11,25H,10H2,1-3H3,(H2,21,22). The second-order valence-corrected chi connectivity index (χ2v) is 6.05. The molecule has 2 heterocycles. The number of aliphatic hydroxyl groups excluding tert-OH is 1. The van der Waals surface area contributed by atoms with Crippen molar-refractivity contribution in [3.63, 3.8) is 0 Å². The minimum Gasteiger partial charge on any atom is -0.496 e. The van der Waals surface area contributed by atoms with Gasteiger partial charge in [0, 0.05) is 29.9 Å². The predicted molar refractivity (Wildman–Crippen MR) is 98.8 cm³/mol. The largest absolute Gasteiger partial charge is 0.496 e. The van der Waals surface area contributed by atoms with Crippen molar-refractivity contribution in [1.29, 1.82) is 0 Å². The van der Waals surface area contributed by atoms with Gasteiger partial charge in [-0.15, -0.1) is 0 Å². The number of aryl methyl sites for hydroxylation is 1. The molecular formula is C19H21FN4O3. The van der Waals surface area contributed by atoms with Crippen molar-refractivity contribution in [3.05, 3.63) is 53.6 Å². The van der Waals surface area contributed by atoms with E-state index in [9.17, 15) is 9.50 Å². The molecule has 3 N–H and O–H groups in total. The van der Waals surface area contributed by atoms with E-state index < -0.39 is 6.10 Å². The Morgan fingerprint density at radius 1 is 1.26 bits per heavy atom. The van der Waals surface area contributed by atoms with Gasteiger partial charge in [-0.3, -0.25) is 4.68 Å². The number of pyridine rings is 1. The molecule has 27 heavy (non-hydrogen) atoms. The van der Waals surface area contributed by atoms with E-state index in [0.29, 0.717) is 33.9 Å². The van der Waals surface area contributed by atoms with Crippen LogP contribution in [0.3, 0.4) is 0 Å². The quantitative estimate of drug-likeness (QED) is 0.691. The lowest BCUT2D eigenvalue weighted by Crippen LogP contribution is -2.08. The fourth-order valence-electron chi connectivity index (χ4n) is 2.93. The van der Waals surface area contributed by atoms with Crippen LogP contribution in [-0.4, -0.2) is 27.0 Å². The predicted octanol–water partition coefficient (Wildman–Crippen LogP) is 2.84. The molecule has 0 bridgehead atoms. The molecule has 1 aromatic carbocycles. The zero-order chi connectivity index (χ0) is 19.6. The SMILES string of the molecule is COc1ccc(F)cc1C(C)Oc1cc(-c2c(CO)cnn2C)cnc1N. The number of nitrogens with two attached hydrogens (primary N) is 1. The fraction of sp³-hybridized carbons (Fsp3) is 0.263. The number of halogens is 1. The summed E-state index contributed by atoms with van der Waals surface area (Å²) >= 11 is 0. The van der Waals surface area contributed by atoms with Gasteiger partial charge >= 0.3 is 0 Å². The van der Waals surface area contributed by atoms with Crippen molar-refractivity contribution < 1.29 is 19.0 Å². The van der Waals surface area contributed by atoms with Gasteiger partial charge in [-0.2, -0.15) is 5.10 Å². The molecule has 0 aliphatic carbocycles. The summed E-state index contributed by atoms with van der Waals surface area (Å²) in [7, 11) is 3.28. The Bertz CT molecular complexity index is 958. The molecule has 2 aromatic heterocycles. The van der Waals surface area contributed by atoms with Crippen molar-refractivity contribution in [2.24, 2.45) is 7.05 Å². The van der Waals surface area contributed by atoms with Gasteiger partial charge < -0.3 is 20.3 Å². The van der Waals surface area contributed by atoms with E-state index >= 15 is 0 Å².